The standard InChI is InChI=1S/C7H13NO.C7H8O3S/c9-7-5-8-3-1-2-6(7)4-8;1-6-2-4-7(5-3-6)11(8,9)10/h6-7,9H,1-5H2;2-5H,1H3,(H,8,9,10)/t6?,7-;/m0./s1. The van der Waals surface area contributed by atoms with E-state index in [1.807, 2.05) is 6.92 Å². The molecular weight excluding hydrogens is 278 g/mol. The van der Waals surface area contributed by atoms with Crippen molar-refractivity contribution >= 4 is 10.1 Å². The molecule has 3 atom stereocenters. The Morgan fingerprint density at radius 3 is 2.35 bits per heavy atom. The monoisotopic (exact) mass is 299 g/mol. The van der Waals surface area contributed by atoms with Crippen LogP contribution in [0.25, 0.3) is 0 Å². The van der Waals surface area contributed by atoms with E-state index in [0.717, 1.165) is 18.7 Å². The predicted octanol–water partition coefficient (Wildman–Crippen LogP) is 1.31. The number of benzene rings is 1. The van der Waals surface area contributed by atoms with E-state index in [1.165, 1.54) is 31.5 Å². The van der Waals surface area contributed by atoms with Crippen molar-refractivity contribution in [3.63, 3.8) is 0 Å². The van der Waals surface area contributed by atoms with Gasteiger partial charge in [0.15, 0.2) is 0 Å². The van der Waals surface area contributed by atoms with Gasteiger partial charge in [-0.2, -0.15) is 8.42 Å². The van der Waals surface area contributed by atoms with E-state index in [-0.39, 0.29) is 11.0 Å². The van der Waals surface area contributed by atoms with Crippen LogP contribution < -0.4 is 0 Å². The molecule has 5 nitrogen and oxygen atoms in total. The Hall–Kier alpha value is -0.950. The quantitative estimate of drug-likeness (QED) is 0.765. The Balaban J connectivity index is 0.000000149. The number of fused-ring (bicyclic) bond motifs is 2. The Labute approximate surface area is 120 Å². The minimum atomic E-state index is -4.02. The second-order valence-corrected chi connectivity index (χ2v) is 6.94. The molecule has 1 aromatic rings. The zero-order valence-electron chi connectivity index (χ0n) is 11.6. The van der Waals surface area contributed by atoms with E-state index in [9.17, 15) is 13.5 Å². The van der Waals surface area contributed by atoms with Gasteiger partial charge in [-0.25, -0.2) is 0 Å². The molecule has 2 heterocycles. The van der Waals surface area contributed by atoms with Gasteiger partial charge in [-0.15, -0.1) is 0 Å². The summed E-state index contributed by atoms with van der Waals surface area (Å²) < 4.78 is 29.6. The van der Waals surface area contributed by atoms with E-state index in [2.05, 4.69) is 4.90 Å². The molecule has 3 rings (SSSR count). The average Bonchev–Trinajstić information content (AvgIpc) is 2.63. The van der Waals surface area contributed by atoms with Crippen molar-refractivity contribution in [1.29, 1.82) is 0 Å². The summed E-state index contributed by atoms with van der Waals surface area (Å²) in [6, 6.07) is 5.99. The fraction of sp³-hybridized carbons (Fsp3) is 0.571. The lowest BCUT2D eigenvalue weighted by Gasteiger charge is -2.20. The van der Waals surface area contributed by atoms with Crippen molar-refractivity contribution in [3.05, 3.63) is 29.8 Å². The van der Waals surface area contributed by atoms with Crippen LogP contribution in [0.2, 0.25) is 0 Å². The number of hydrogen-bond donors (Lipinski definition) is 2. The summed E-state index contributed by atoms with van der Waals surface area (Å²) in [5, 5.41) is 9.36. The molecule has 0 radical (unpaired) electrons. The number of aliphatic hydroxyl groups excluding tert-OH is 1. The van der Waals surface area contributed by atoms with Gasteiger partial charge in [0.25, 0.3) is 10.1 Å². The second kappa shape index (κ2) is 6.22. The third-order valence-electron chi connectivity index (χ3n) is 3.85. The molecule has 2 saturated heterocycles. The first kappa shape index (κ1) is 15.4. The summed E-state index contributed by atoms with van der Waals surface area (Å²) in [5.41, 5.74) is 0.956. The molecule has 0 spiro atoms. The highest BCUT2D eigenvalue weighted by Crippen LogP contribution is 2.26. The first-order valence-corrected chi connectivity index (χ1v) is 8.25. The van der Waals surface area contributed by atoms with E-state index < -0.39 is 10.1 Å². The zero-order chi connectivity index (χ0) is 14.8. The van der Waals surface area contributed by atoms with E-state index in [1.54, 1.807) is 12.1 Å². The smallest absolute Gasteiger partial charge is 0.294 e. The molecule has 2 N–H and O–H groups in total. The van der Waals surface area contributed by atoms with Gasteiger partial charge in [-0.1, -0.05) is 17.7 Å². The molecule has 20 heavy (non-hydrogen) atoms. The lowest BCUT2D eigenvalue weighted by molar-refractivity contribution is 0.144. The molecule has 0 saturated carbocycles. The number of rotatable bonds is 1. The number of piperidine rings is 1. The van der Waals surface area contributed by atoms with Crippen molar-refractivity contribution in [2.24, 2.45) is 5.92 Å². The normalized spacial score (nSPS) is 28.6. The Morgan fingerprint density at radius 2 is 1.85 bits per heavy atom. The Morgan fingerprint density at radius 1 is 1.20 bits per heavy atom. The largest absolute Gasteiger partial charge is 0.391 e. The number of nitrogens with zero attached hydrogens (tertiary/aromatic N) is 1. The van der Waals surface area contributed by atoms with Crippen LogP contribution >= 0.6 is 0 Å². The van der Waals surface area contributed by atoms with E-state index in [0.29, 0.717) is 5.92 Å². The molecule has 6 heteroatoms. The summed E-state index contributed by atoms with van der Waals surface area (Å²) >= 11 is 0. The van der Waals surface area contributed by atoms with Crippen molar-refractivity contribution in [2.75, 3.05) is 19.6 Å². The molecule has 0 aromatic heterocycles. The van der Waals surface area contributed by atoms with Crippen LogP contribution in [-0.2, 0) is 10.1 Å². The minimum absolute atomic E-state index is 0.00694. The van der Waals surface area contributed by atoms with Gasteiger partial charge < -0.3 is 10.0 Å². The summed E-state index contributed by atoms with van der Waals surface area (Å²) in [5.74, 6) is 0.610. The maximum Gasteiger partial charge on any atom is 0.294 e. The van der Waals surface area contributed by atoms with Gasteiger partial charge in [0.05, 0.1) is 11.0 Å². The highest BCUT2D eigenvalue weighted by atomic mass is 32.2. The third kappa shape index (κ3) is 4.02. The van der Waals surface area contributed by atoms with Crippen LogP contribution in [0.1, 0.15) is 18.4 Å². The average molecular weight is 299 g/mol. The molecule has 112 valence electrons. The molecule has 2 unspecified atom stereocenters. The van der Waals surface area contributed by atoms with Crippen LogP contribution in [-0.4, -0.2) is 48.7 Å². The lowest BCUT2D eigenvalue weighted by Crippen LogP contribution is -2.25. The number of hydrogen-bond acceptors (Lipinski definition) is 4. The van der Waals surface area contributed by atoms with Gasteiger partial charge in [0, 0.05) is 13.1 Å². The molecule has 2 aliphatic rings. The SMILES string of the molecule is Cc1ccc(S(=O)(=O)O)cc1.O[C@H]1CN2CCCC1C2. The van der Waals surface area contributed by atoms with Crippen molar-refractivity contribution in [2.45, 2.75) is 30.8 Å². The molecule has 0 amide bonds. The fourth-order valence-electron chi connectivity index (χ4n) is 2.70. The summed E-state index contributed by atoms with van der Waals surface area (Å²) in [7, 11) is -4.02. The van der Waals surface area contributed by atoms with Crippen LogP contribution in [0.4, 0.5) is 0 Å². The number of aliphatic hydroxyl groups is 1. The lowest BCUT2D eigenvalue weighted by atomic mass is 9.99. The van der Waals surface area contributed by atoms with Gasteiger partial charge in [0.1, 0.15) is 0 Å². The van der Waals surface area contributed by atoms with Crippen molar-refractivity contribution in [1.82, 2.24) is 4.90 Å². The van der Waals surface area contributed by atoms with Crippen LogP contribution in [0, 0.1) is 12.8 Å². The Kier molecular flexibility index (Phi) is 4.80. The maximum atomic E-state index is 10.5. The molecule has 2 aliphatic heterocycles. The molecule has 1 aromatic carbocycles. The van der Waals surface area contributed by atoms with Gasteiger partial charge in [0.2, 0.25) is 0 Å². The summed E-state index contributed by atoms with van der Waals surface area (Å²) in [4.78, 5) is 2.29. The van der Waals surface area contributed by atoms with Crippen LogP contribution in [0.5, 0.6) is 0 Å². The van der Waals surface area contributed by atoms with Crippen LogP contribution in [0.3, 0.4) is 0 Å². The first-order chi connectivity index (χ1) is 9.36. The third-order valence-corrected chi connectivity index (χ3v) is 4.72. The fourth-order valence-corrected chi connectivity index (χ4v) is 3.18. The Bertz CT molecular complexity index is 539. The van der Waals surface area contributed by atoms with E-state index >= 15 is 0 Å². The van der Waals surface area contributed by atoms with Crippen molar-refractivity contribution < 1.29 is 18.1 Å². The maximum absolute atomic E-state index is 10.5. The van der Waals surface area contributed by atoms with E-state index in [4.69, 9.17) is 4.55 Å². The molecule has 2 fully saturated rings. The van der Waals surface area contributed by atoms with Gasteiger partial charge in [-0.05, 0) is 44.4 Å². The zero-order valence-corrected chi connectivity index (χ0v) is 12.4. The molecule has 2 bridgehead atoms. The van der Waals surface area contributed by atoms with Gasteiger partial charge >= 0.3 is 0 Å². The minimum Gasteiger partial charge on any atom is -0.391 e. The van der Waals surface area contributed by atoms with Crippen LogP contribution in [0.15, 0.2) is 29.2 Å². The van der Waals surface area contributed by atoms with Crippen molar-refractivity contribution in [3.8, 4) is 0 Å². The topological polar surface area (TPSA) is 77.8 Å². The van der Waals surface area contributed by atoms with Gasteiger partial charge in [-0.3, -0.25) is 4.55 Å². The summed E-state index contributed by atoms with van der Waals surface area (Å²) in [6.07, 6.45) is 2.53. The first-order valence-electron chi connectivity index (χ1n) is 6.81. The predicted molar refractivity (Wildman–Crippen MR) is 76.2 cm³/mol. The second-order valence-electron chi connectivity index (χ2n) is 5.52. The summed E-state index contributed by atoms with van der Waals surface area (Å²) in [6.45, 7) is 5.15. The number of aryl methyl sites for hydroxylation is 1. The highest BCUT2D eigenvalue weighted by molar-refractivity contribution is 7.85. The molecular formula is C14H21NO4S. The highest BCUT2D eigenvalue weighted by Gasteiger charge is 2.33. The molecule has 0 aliphatic carbocycles.